The summed E-state index contributed by atoms with van der Waals surface area (Å²) >= 11 is 0. The Balaban J connectivity index is 1.54. The van der Waals surface area contributed by atoms with Crippen molar-refractivity contribution in [2.75, 3.05) is 17.2 Å². The number of ether oxygens (including phenoxy) is 1. The second-order valence-electron chi connectivity index (χ2n) is 6.24. The third kappa shape index (κ3) is 5.71. The first-order valence-corrected chi connectivity index (χ1v) is 9.31. The van der Waals surface area contributed by atoms with Crippen molar-refractivity contribution in [1.29, 1.82) is 0 Å². The Morgan fingerprint density at radius 1 is 0.900 bits per heavy atom. The van der Waals surface area contributed by atoms with E-state index in [1.807, 2.05) is 6.07 Å². The number of nitrogens with one attached hydrogen (secondary N) is 3. The van der Waals surface area contributed by atoms with Gasteiger partial charge in [-0.2, -0.15) is 0 Å². The van der Waals surface area contributed by atoms with Crippen LogP contribution < -0.4 is 16.0 Å². The van der Waals surface area contributed by atoms with E-state index < -0.39 is 6.09 Å². The number of rotatable bonds is 7. The smallest absolute Gasteiger partial charge is 0.411 e. The third-order valence-corrected chi connectivity index (χ3v) is 4.05. The predicted octanol–water partition coefficient (Wildman–Crippen LogP) is 4.03. The van der Waals surface area contributed by atoms with Crippen molar-refractivity contribution in [3.8, 4) is 0 Å². The fourth-order valence-corrected chi connectivity index (χ4v) is 2.63. The summed E-state index contributed by atoms with van der Waals surface area (Å²) in [6.45, 7) is 2.28. The maximum absolute atomic E-state index is 12.4. The van der Waals surface area contributed by atoms with E-state index in [1.165, 1.54) is 6.26 Å². The molecule has 154 valence electrons. The SMILES string of the molecule is CCOC(=O)Nc1ccc(C(=O)NCc2cccc(NC(=O)c3ccco3)c2)cc1. The average molecular weight is 407 g/mol. The average Bonchev–Trinajstić information content (AvgIpc) is 3.28. The maximum atomic E-state index is 12.4. The van der Waals surface area contributed by atoms with Crippen LogP contribution in [0.3, 0.4) is 0 Å². The lowest BCUT2D eigenvalue weighted by Crippen LogP contribution is -2.23. The van der Waals surface area contributed by atoms with E-state index in [-0.39, 0.29) is 30.7 Å². The minimum absolute atomic E-state index is 0.217. The highest BCUT2D eigenvalue weighted by atomic mass is 16.5. The molecular formula is C22H21N3O5. The number of benzene rings is 2. The molecule has 2 aromatic carbocycles. The molecule has 0 unspecified atom stereocenters. The van der Waals surface area contributed by atoms with E-state index in [0.717, 1.165) is 5.56 Å². The number of amides is 3. The lowest BCUT2D eigenvalue weighted by Gasteiger charge is -2.09. The fourth-order valence-electron chi connectivity index (χ4n) is 2.63. The zero-order chi connectivity index (χ0) is 21.3. The Bertz CT molecular complexity index is 1010. The van der Waals surface area contributed by atoms with Crippen molar-refractivity contribution >= 4 is 29.3 Å². The summed E-state index contributed by atoms with van der Waals surface area (Å²) in [6, 6.07) is 16.8. The molecule has 0 saturated carbocycles. The standard InChI is InChI=1S/C22H21N3O5/c1-2-29-22(28)25-17-10-8-16(9-11-17)20(26)23-14-15-5-3-6-18(13-15)24-21(27)19-7-4-12-30-19/h3-13H,2,14H2,1H3,(H,23,26)(H,24,27)(H,25,28). The predicted molar refractivity (Wildman–Crippen MR) is 111 cm³/mol. The van der Waals surface area contributed by atoms with Crippen LogP contribution in [0.4, 0.5) is 16.2 Å². The third-order valence-electron chi connectivity index (χ3n) is 4.05. The first-order valence-electron chi connectivity index (χ1n) is 9.31. The summed E-state index contributed by atoms with van der Waals surface area (Å²) in [5, 5.41) is 8.13. The van der Waals surface area contributed by atoms with Crippen molar-refractivity contribution in [2.45, 2.75) is 13.5 Å². The Morgan fingerprint density at radius 3 is 2.40 bits per heavy atom. The van der Waals surface area contributed by atoms with Gasteiger partial charge < -0.3 is 19.8 Å². The number of hydrogen-bond donors (Lipinski definition) is 3. The zero-order valence-electron chi connectivity index (χ0n) is 16.3. The van der Waals surface area contributed by atoms with Gasteiger partial charge >= 0.3 is 6.09 Å². The van der Waals surface area contributed by atoms with Crippen molar-refractivity contribution in [2.24, 2.45) is 0 Å². The minimum Gasteiger partial charge on any atom is -0.459 e. The molecular weight excluding hydrogens is 386 g/mol. The van der Waals surface area contributed by atoms with Crippen molar-refractivity contribution < 1.29 is 23.5 Å². The summed E-state index contributed by atoms with van der Waals surface area (Å²) in [7, 11) is 0. The molecule has 3 N–H and O–H groups in total. The Labute approximate surface area is 173 Å². The molecule has 3 amide bonds. The molecule has 3 aromatic rings. The molecule has 0 fully saturated rings. The van der Waals surface area contributed by atoms with Gasteiger partial charge in [-0.15, -0.1) is 0 Å². The van der Waals surface area contributed by atoms with Gasteiger partial charge in [0, 0.05) is 23.5 Å². The van der Waals surface area contributed by atoms with Gasteiger partial charge in [-0.25, -0.2) is 4.79 Å². The van der Waals surface area contributed by atoms with E-state index in [9.17, 15) is 14.4 Å². The number of carbonyl (C=O) groups is 3. The highest BCUT2D eigenvalue weighted by molar-refractivity contribution is 6.02. The molecule has 0 aliphatic heterocycles. The van der Waals surface area contributed by atoms with Gasteiger partial charge in [-0.05, 0) is 61.0 Å². The van der Waals surface area contributed by atoms with Crippen LogP contribution in [0, 0.1) is 0 Å². The fraction of sp³-hybridized carbons (Fsp3) is 0.136. The molecule has 30 heavy (non-hydrogen) atoms. The molecule has 0 atom stereocenters. The van der Waals surface area contributed by atoms with Gasteiger partial charge in [0.25, 0.3) is 11.8 Å². The van der Waals surface area contributed by atoms with Crippen LogP contribution in [-0.4, -0.2) is 24.5 Å². The maximum Gasteiger partial charge on any atom is 0.411 e. The van der Waals surface area contributed by atoms with E-state index in [4.69, 9.17) is 9.15 Å². The van der Waals surface area contributed by atoms with Crippen LogP contribution in [0.2, 0.25) is 0 Å². The number of furan rings is 1. The minimum atomic E-state index is -0.547. The van der Waals surface area contributed by atoms with Crippen molar-refractivity contribution in [1.82, 2.24) is 5.32 Å². The molecule has 1 heterocycles. The largest absolute Gasteiger partial charge is 0.459 e. The molecule has 8 nitrogen and oxygen atoms in total. The van der Waals surface area contributed by atoms with Gasteiger partial charge in [0.1, 0.15) is 0 Å². The van der Waals surface area contributed by atoms with E-state index in [0.29, 0.717) is 16.9 Å². The molecule has 0 aliphatic rings. The normalized spacial score (nSPS) is 10.2. The Hall–Kier alpha value is -4.07. The molecule has 0 saturated heterocycles. The number of hydrogen-bond acceptors (Lipinski definition) is 5. The summed E-state index contributed by atoms with van der Waals surface area (Å²) < 4.78 is 9.87. The van der Waals surface area contributed by atoms with Crippen LogP contribution in [0.5, 0.6) is 0 Å². The van der Waals surface area contributed by atoms with Crippen LogP contribution >= 0.6 is 0 Å². The highest BCUT2D eigenvalue weighted by Crippen LogP contribution is 2.14. The van der Waals surface area contributed by atoms with Crippen LogP contribution in [-0.2, 0) is 11.3 Å². The van der Waals surface area contributed by atoms with Crippen LogP contribution in [0.25, 0.3) is 0 Å². The van der Waals surface area contributed by atoms with Gasteiger partial charge in [0.15, 0.2) is 5.76 Å². The van der Waals surface area contributed by atoms with Crippen molar-refractivity contribution in [3.63, 3.8) is 0 Å². The van der Waals surface area contributed by atoms with Crippen LogP contribution in [0.15, 0.2) is 71.3 Å². The monoisotopic (exact) mass is 407 g/mol. The number of carbonyl (C=O) groups excluding carboxylic acids is 3. The molecule has 0 bridgehead atoms. The van der Waals surface area contributed by atoms with Gasteiger partial charge in [-0.3, -0.25) is 14.9 Å². The molecule has 0 radical (unpaired) electrons. The van der Waals surface area contributed by atoms with Gasteiger partial charge in [-0.1, -0.05) is 12.1 Å². The lowest BCUT2D eigenvalue weighted by molar-refractivity contribution is 0.0949. The van der Waals surface area contributed by atoms with E-state index in [2.05, 4.69) is 16.0 Å². The van der Waals surface area contributed by atoms with Gasteiger partial charge in [0.05, 0.1) is 12.9 Å². The first-order chi connectivity index (χ1) is 14.5. The number of anilines is 2. The Kier molecular flexibility index (Phi) is 6.83. The molecule has 0 spiro atoms. The Morgan fingerprint density at radius 2 is 1.70 bits per heavy atom. The van der Waals surface area contributed by atoms with Crippen molar-refractivity contribution in [3.05, 3.63) is 83.8 Å². The summed E-state index contributed by atoms with van der Waals surface area (Å²) in [6.07, 6.45) is 0.883. The van der Waals surface area contributed by atoms with Gasteiger partial charge in [0.2, 0.25) is 0 Å². The summed E-state index contributed by atoms with van der Waals surface area (Å²) in [5.74, 6) is -0.394. The molecule has 3 rings (SSSR count). The zero-order valence-corrected chi connectivity index (χ0v) is 16.3. The first kappa shape index (κ1) is 20.7. The summed E-state index contributed by atoms with van der Waals surface area (Å²) in [5.41, 5.74) is 2.40. The second-order valence-corrected chi connectivity index (χ2v) is 6.24. The van der Waals surface area contributed by atoms with E-state index in [1.54, 1.807) is 61.5 Å². The van der Waals surface area contributed by atoms with E-state index >= 15 is 0 Å². The molecule has 0 aliphatic carbocycles. The second kappa shape index (κ2) is 9.92. The highest BCUT2D eigenvalue weighted by Gasteiger charge is 2.10. The molecule has 8 heteroatoms. The quantitative estimate of drug-likeness (QED) is 0.548. The summed E-state index contributed by atoms with van der Waals surface area (Å²) in [4.78, 5) is 35.8. The topological polar surface area (TPSA) is 110 Å². The lowest BCUT2D eigenvalue weighted by atomic mass is 10.1. The molecule has 1 aromatic heterocycles. The van der Waals surface area contributed by atoms with Crippen LogP contribution in [0.1, 0.15) is 33.4 Å².